The predicted molar refractivity (Wildman–Crippen MR) is 102 cm³/mol. The summed E-state index contributed by atoms with van der Waals surface area (Å²) < 4.78 is 6.24. The van der Waals surface area contributed by atoms with Crippen LogP contribution in [-0.4, -0.2) is 23.8 Å². The Balaban J connectivity index is 1.84. The summed E-state index contributed by atoms with van der Waals surface area (Å²) in [6, 6.07) is 12.6. The van der Waals surface area contributed by atoms with Gasteiger partial charge < -0.3 is 9.84 Å². The second-order valence-electron chi connectivity index (χ2n) is 6.56. The molecule has 1 amide bonds. The zero-order chi connectivity index (χ0) is 18.4. The van der Waals surface area contributed by atoms with Gasteiger partial charge in [0.25, 0.3) is 5.91 Å². The standard InChI is InChI=1S/C19H21BrN2O3/c1-19(2,3)14-4-7-16(8-5-14)25-12-18(24)22-21-11-13-10-15(20)6-9-17(13)23/h4-11,23H,12H2,1-3H3,(H,22,24)/b21-11+. The number of ether oxygens (including phenoxy) is 1. The molecule has 0 radical (unpaired) electrons. The van der Waals surface area contributed by atoms with Crippen LogP contribution in [0.15, 0.2) is 52.0 Å². The molecule has 2 rings (SSSR count). The molecule has 6 heteroatoms. The molecule has 0 spiro atoms. The number of nitrogens with zero attached hydrogens (tertiary/aromatic N) is 1. The van der Waals surface area contributed by atoms with Gasteiger partial charge >= 0.3 is 0 Å². The van der Waals surface area contributed by atoms with E-state index in [0.29, 0.717) is 11.3 Å². The molecule has 0 saturated heterocycles. The molecule has 2 aromatic rings. The number of benzene rings is 2. The van der Waals surface area contributed by atoms with Gasteiger partial charge in [0.1, 0.15) is 11.5 Å². The highest BCUT2D eigenvalue weighted by atomic mass is 79.9. The third kappa shape index (κ3) is 5.90. The normalized spacial score (nSPS) is 11.5. The molecule has 0 saturated carbocycles. The van der Waals surface area contributed by atoms with E-state index in [1.54, 1.807) is 12.1 Å². The van der Waals surface area contributed by atoms with Gasteiger partial charge in [0.05, 0.1) is 6.21 Å². The number of hydrazone groups is 1. The van der Waals surface area contributed by atoms with Crippen molar-refractivity contribution in [2.24, 2.45) is 5.10 Å². The Labute approximate surface area is 155 Å². The summed E-state index contributed by atoms with van der Waals surface area (Å²) >= 11 is 3.30. The molecule has 0 atom stereocenters. The number of hydrogen-bond acceptors (Lipinski definition) is 4. The van der Waals surface area contributed by atoms with E-state index in [0.717, 1.165) is 4.47 Å². The Morgan fingerprint density at radius 3 is 2.56 bits per heavy atom. The van der Waals surface area contributed by atoms with Gasteiger partial charge in [-0.1, -0.05) is 48.8 Å². The predicted octanol–water partition coefficient (Wildman–Crippen LogP) is 3.98. The number of phenolic OH excluding ortho intramolecular Hbond substituents is 1. The maximum atomic E-state index is 11.8. The third-order valence-electron chi connectivity index (χ3n) is 3.47. The van der Waals surface area contributed by atoms with Crippen molar-refractivity contribution in [1.82, 2.24) is 5.43 Å². The van der Waals surface area contributed by atoms with E-state index in [1.165, 1.54) is 17.8 Å². The highest BCUT2D eigenvalue weighted by molar-refractivity contribution is 9.10. The number of amides is 1. The van der Waals surface area contributed by atoms with Gasteiger partial charge in [0.15, 0.2) is 6.61 Å². The fourth-order valence-electron chi connectivity index (χ4n) is 2.03. The van der Waals surface area contributed by atoms with Crippen molar-refractivity contribution in [2.75, 3.05) is 6.61 Å². The van der Waals surface area contributed by atoms with Crippen molar-refractivity contribution in [3.63, 3.8) is 0 Å². The van der Waals surface area contributed by atoms with E-state index < -0.39 is 0 Å². The number of halogens is 1. The Hall–Kier alpha value is -2.34. The minimum absolute atomic E-state index is 0.0720. The van der Waals surface area contributed by atoms with Crippen molar-refractivity contribution < 1.29 is 14.6 Å². The van der Waals surface area contributed by atoms with Crippen LogP contribution in [0.4, 0.5) is 0 Å². The van der Waals surface area contributed by atoms with Crippen LogP contribution in [0.5, 0.6) is 11.5 Å². The third-order valence-corrected chi connectivity index (χ3v) is 3.97. The average molecular weight is 405 g/mol. The first-order valence-electron chi connectivity index (χ1n) is 7.79. The second-order valence-corrected chi connectivity index (χ2v) is 7.48. The Bertz CT molecular complexity index is 765. The molecule has 132 valence electrons. The lowest BCUT2D eigenvalue weighted by atomic mass is 9.87. The highest BCUT2D eigenvalue weighted by Gasteiger charge is 2.13. The lowest BCUT2D eigenvalue weighted by Crippen LogP contribution is -2.24. The fraction of sp³-hybridized carbons (Fsp3) is 0.263. The van der Waals surface area contributed by atoms with E-state index in [2.05, 4.69) is 47.2 Å². The van der Waals surface area contributed by atoms with E-state index in [4.69, 9.17) is 4.74 Å². The SMILES string of the molecule is CC(C)(C)c1ccc(OCC(=O)N/N=C/c2cc(Br)ccc2O)cc1. The maximum absolute atomic E-state index is 11.8. The molecule has 2 N–H and O–H groups in total. The van der Waals surface area contributed by atoms with E-state index in [-0.39, 0.29) is 23.7 Å². The number of carbonyl (C=O) groups is 1. The van der Waals surface area contributed by atoms with E-state index >= 15 is 0 Å². The molecule has 0 heterocycles. The summed E-state index contributed by atoms with van der Waals surface area (Å²) in [5.74, 6) is 0.318. The van der Waals surface area contributed by atoms with Gasteiger partial charge in [-0.15, -0.1) is 0 Å². The summed E-state index contributed by atoms with van der Waals surface area (Å²) in [6.45, 7) is 6.27. The highest BCUT2D eigenvalue weighted by Crippen LogP contribution is 2.24. The number of aromatic hydroxyl groups is 1. The fourth-order valence-corrected chi connectivity index (χ4v) is 2.41. The lowest BCUT2D eigenvalue weighted by Gasteiger charge is -2.19. The number of rotatable bonds is 5. The largest absolute Gasteiger partial charge is 0.507 e. The second kappa shape index (κ2) is 8.16. The van der Waals surface area contributed by atoms with E-state index in [1.807, 2.05) is 24.3 Å². The molecular formula is C19H21BrN2O3. The average Bonchev–Trinajstić information content (AvgIpc) is 2.56. The first kappa shape index (κ1) is 19.0. The summed E-state index contributed by atoms with van der Waals surface area (Å²) in [5, 5.41) is 13.5. The molecule has 25 heavy (non-hydrogen) atoms. The van der Waals surface area contributed by atoms with Crippen LogP contribution in [0.3, 0.4) is 0 Å². The maximum Gasteiger partial charge on any atom is 0.277 e. The smallest absolute Gasteiger partial charge is 0.277 e. The quantitative estimate of drug-likeness (QED) is 0.584. The van der Waals surface area contributed by atoms with Gasteiger partial charge in [-0.05, 0) is 41.3 Å². The molecule has 0 bridgehead atoms. The number of phenols is 1. The molecule has 0 aliphatic carbocycles. The summed E-state index contributed by atoms with van der Waals surface area (Å²) in [5.41, 5.74) is 4.13. The minimum atomic E-state index is -0.384. The van der Waals surface area contributed by atoms with Crippen LogP contribution in [0, 0.1) is 0 Å². The van der Waals surface area contributed by atoms with Gasteiger partial charge in [0.2, 0.25) is 0 Å². The summed E-state index contributed by atoms with van der Waals surface area (Å²) in [7, 11) is 0. The van der Waals surface area contributed by atoms with Gasteiger partial charge in [-0.2, -0.15) is 5.10 Å². The van der Waals surface area contributed by atoms with Crippen molar-refractivity contribution in [3.8, 4) is 11.5 Å². The van der Waals surface area contributed by atoms with Crippen LogP contribution in [0.1, 0.15) is 31.9 Å². The van der Waals surface area contributed by atoms with Crippen LogP contribution >= 0.6 is 15.9 Å². The molecule has 2 aromatic carbocycles. The zero-order valence-corrected chi connectivity index (χ0v) is 16.0. The van der Waals surface area contributed by atoms with Crippen molar-refractivity contribution in [1.29, 1.82) is 0 Å². The van der Waals surface area contributed by atoms with Crippen LogP contribution < -0.4 is 10.2 Å². The summed E-state index contributed by atoms with van der Waals surface area (Å²) in [4.78, 5) is 11.8. The van der Waals surface area contributed by atoms with Crippen LogP contribution in [-0.2, 0) is 10.2 Å². The minimum Gasteiger partial charge on any atom is -0.507 e. The lowest BCUT2D eigenvalue weighted by molar-refractivity contribution is -0.123. The van der Waals surface area contributed by atoms with Gasteiger partial charge in [-0.25, -0.2) is 5.43 Å². The van der Waals surface area contributed by atoms with Gasteiger partial charge in [0, 0.05) is 10.0 Å². The summed E-state index contributed by atoms with van der Waals surface area (Å²) in [6.07, 6.45) is 1.37. The van der Waals surface area contributed by atoms with Crippen molar-refractivity contribution >= 4 is 28.1 Å². The Kier molecular flexibility index (Phi) is 6.20. The molecule has 0 aliphatic heterocycles. The molecule has 5 nitrogen and oxygen atoms in total. The number of nitrogens with one attached hydrogen (secondary N) is 1. The molecule has 0 unspecified atom stereocenters. The Morgan fingerprint density at radius 1 is 1.24 bits per heavy atom. The zero-order valence-electron chi connectivity index (χ0n) is 14.4. The first-order valence-corrected chi connectivity index (χ1v) is 8.59. The molecule has 0 aromatic heterocycles. The van der Waals surface area contributed by atoms with Crippen molar-refractivity contribution in [3.05, 3.63) is 58.1 Å². The van der Waals surface area contributed by atoms with Crippen LogP contribution in [0.2, 0.25) is 0 Å². The monoisotopic (exact) mass is 404 g/mol. The molecule has 0 fully saturated rings. The molecular weight excluding hydrogens is 384 g/mol. The topological polar surface area (TPSA) is 70.9 Å². The number of carbonyl (C=O) groups excluding carboxylic acids is 1. The van der Waals surface area contributed by atoms with Crippen LogP contribution in [0.25, 0.3) is 0 Å². The molecule has 0 aliphatic rings. The van der Waals surface area contributed by atoms with Gasteiger partial charge in [-0.3, -0.25) is 4.79 Å². The number of hydrogen-bond donors (Lipinski definition) is 2. The first-order chi connectivity index (χ1) is 11.8. The Morgan fingerprint density at radius 2 is 1.92 bits per heavy atom. The van der Waals surface area contributed by atoms with E-state index in [9.17, 15) is 9.90 Å². The van der Waals surface area contributed by atoms with Crippen molar-refractivity contribution in [2.45, 2.75) is 26.2 Å².